The first-order valence-electron chi connectivity index (χ1n) is 12.3. The zero-order valence-electron chi connectivity index (χ0n) is 20.2. The monoisotopic (exact) mass is 511 g/mol. The summed E-state index contributed by atoms with van der Waals surface area (Å²) in [6, 6.07) is 27.9. The van der Waals surface area contributed by atoms with Gasteiger partial charge >= 0.3 is 0 Å². The highest BCUT2D eigenvalue weighted by atomic mass is 35.5. The first-order chi connectivity index (χ1) is 18.2. The van der Waals surface area contributed by atoms with Crippen LogP contribution in [0.3, 0.4) is 0 Å². The van der Waals surface area contributed by atoms with Crippen LogP contribution in [0.1, 0.15) is 17.2 Å². The number of carbonyl (C=O) groups is 1. The number of carbonyl (C=O) groups excluding carboxylic acids is 1. The molecule has 1 fully saturated rings. The van der Waals surface area contributed by atoms with Gasteiger partial charge in [-0.05, 0) is 51.9 Å². The molecule has 2 aliphatic heterocycles. The average molecular weight is 512 g/mol. The second kappa shape index (κ2) is 10.1. The van der Waals surface area contributed by atoms with Crippen molar-refractivity contribution >= 4 is 34.8 Å². The highest BCUT2D eigenvalue weighted by molar-refractivity contribution is 6.30. The second-order valence-corrected chi connectivity index (χ2v) is 9.56. The quantitative estimate of drug-likeness (QED) is 0.401. The molecule has 1 atom stereocenters. The van der Waals surface area contributed by atoms with E-state index in [0.29, 0.717) is 24.1 Å². The van der Waals surface area contributed by atoms with Gasteiger partial charge in [-0.15, -0.1) is 0 Å². The van der Waals surface area contributed by atoms with Crippen molar-refractivity contribution in [1.82, 2.24) is 25.1 Å². The first kappa shape index (κ1) is 23.2. The van der Waals surface area contributed by atoms with E-state index in [9.17, 15) is 4.79 Å². The Bertz CT molecular complexity index is 1400. The van der Waals surface area contributed by atoms with Gasteiger partial charge in [0, 0.05) is 36.9 Å². The lowest BCUT2D eigenvalue weighted by atomic mass is 10.0. The zero-order valence-corrected chi connectivity index (χ0v) is 20.9. The Labute approximate surface area is 220 Å². The molecular weight excluding hydrogens is 486 g/mol. The van der Waals surface area contributed by atoms with E-state index in [0.717, 1.165) is 29.9 Å². The van der Waals surface area contributed by atoms with Crippen molar-refractivity contribution < 1.29 is 4.79 Å². The molecule has 6 rings (SSSR count). The van der Waals surface area contributed by atoms with Gasteiger partial charge in [0.2, 0.25) is 5.91 Å². The minimum Gasteiger partial charge on any atom is -0.368 e. The van der Waals surface area contributed by atoms with Crippen LogP contribution in [0.5, 0.6) is 0 Å². The van der Waals surface area contributed by atoms with Crippen molar-refractivity contribution in [3.63, 3.8) is 0 Å². The summed E-state index contributed by atoms with van der Waals surface area (Å²) in [7, 11) is 0. The number of nitrogens with zero attached hydrogens (tertiary/aromatic N) is 7. The minimum atomic E-state index is -0.197. The van der Waals surface area contributed by atoms with Gasteiger partial charge in [-0.1, -0.05) is 77.4 Å². The van der Waals surface area contributed by atoms with Gasteiger partial charge in [-0.3, -0.25) is 9.69 Å². The van der Waals surface area contributed by atoms with Crippen LogP contribution >= 0.6 is 11.6 Å². The third kappa shape index (κ3) is 4.68. The number of halogens is 1. The molecule has 0 saturated carbocycles. The van der Waals surface area contributed by atoms with Crippen LogP contribution in [0.4, 0.5) is 11.6 Å². The molecule has 8 nitrogen and oxygen atoms in total. The Morgan fingerprint density at radius 1 is 0.865 bits per heavy atom. The molecular formula is C28H26ClN7O. The predicted octanol–water partition coefficient (Wildman–Crippen LogP) is 4.13. The molecule has 2 aliphatic rings. The van der Waals surface area contributed by atoms with E-state index < -0.39 is 0 Å². The summed E-state index contributed by atoms with van der Waals surface area (Å²) in [5.41, 5.74) is 4.07. The average Bonchev–Trinajstić information content (AvgIpc) is 3.45. The highest BCUT2D eigenvalue weighted by Gasteiger charge is 2.33. The number of hydrogen-bond donors (Lipinski definition) is 0. The fourth-order valence-electron chi connectivity index (χ4n) is 4.97. The third-order valence-electron chi connectivity index (χ3n) is 6.92. The van der Waals surface area contributed by atoms with E-state index in [2.05, 4.69) is 50.8 Å². The van der Waals surface area contributed by atoms with Crippen LogP contribution in [0.25, 0.3) is 5.70 Å². The molecule has 0 spiro atoms. The summed E-state index contributed by atoms with van der Waals surface area (Å²) >= 11 is 6.18. The SMILES string of the molecule is O=C(CN1C(c2ccc(Cl)cc2)=C[C@@H](c2ccccc2)n2nnnc21)N1CCN(c2ccccc2)CC1. The molecule has 0 radical (unpaired) electrons. The number of rotatable bonds is 5. The molecule has 3 aromatic carbocycles. The Morgan fingerprint density at radius 2 is 1.54 bits per heavy atom. The van der Waals surface area contributed by atoms with Gasteiger partial charge < -0.3 is 9.80 Å². The largest absolute Gasteiger partial charge is 0.368 e. The molecule has 37 heavy (non-hydrogen) atoms. The molecule has 1 amide bonds. The molecule has 4 aromatic rings. The minimum absolute atomic E-state index is 0.0419. The van der Waals surface area contributed by atoms with Crippen molar-refractivity contribution in [1.29, 1.82) is 0 Å². The van der Waals surface area contributed by atoms with E-state index in [4.69, 9.17) is 11.6 Å². The van der Waals surface area contributed by atoms with E-state index in [1.54, 1.807) is 4.68 Å². The Morgan fingerprint density at radius 3 is 2.24 bits per heavy atom. The number of piperazine rings is 1. The van der Waals surface area contributed by atoms with Crippen LogP contribution in [-0.4, -0.2) is 63.7 Å². The number of anilines is 2. The first-order valence-corrected chi connectivity index (χ1v) is 12.7. The topological polar surface area (TPSA) is 70.4 Å². The number of para-hydroxylation sites is 1. The summed E-state index contributed by atoms with van der Waals surface area (Å²) in [5, 5.41) is 13.3. The van der Waals surface area contributed by atoms with Crippen LogP contribution in [0.15, 0.2) is 91.0 Å². The van der Waals surface area contributed by atoms with Crippen LogP contribution < -0.4 is 9.80 Å². The summed E-state index contributed by atoms with van der Waals surface area (Å²) in [5.74, 6) is 0.581. The van der Waals surface area contributed by atoms with E-state index in [1.165, 1.54) is 5.69 Å². The highest BCUT2D eigenvalue weighted by Crippen LogP contribution is 2.36. The van der Waals surface area contributed by atoms with Crippen LogP contribution in [0.2, 0.25) is 5.02 Å². The number of amides is 1. The van der Waals surface area contributed by atoms with Gasteiger partial charge in [-0.25, -0.2) is 0 Å². The normalized spacial score (nSPS) is 17.4. The predicted molar refractivity (Wildman–Crippen MR) is 144 cm³/mol. The van der Waals surface area contributed by atoms with Crippen molar-refractivity contribution in [2.45, 2.75) is 6.04 Å². The molecule has 0 N–H and O–H groups in total. The molecule has 0 bridgehead atoms. The summed E-state index contributed by atoms with van der Waals surface area (Å²) in [6.07, 6.45) is 2.11. The lowest BCUT2D eigenvalue weighted by molar-refractivity contribution is -0.129. The third-order valence-corrected chi connectivity index (χ3v) is 7.17. The molecule has 0 aliphatic carbocycles. The molecule has 9 heteroatoms. The van der Waals surface area contributed by atoms with Crippen LogP contribution in [0, 0.1) is 0 Å². The molecule has 1 aromatic heterocycles. The number of hydrogen-bond acceptors (Lipinski definition) is 6. The smallest absolute Gasteiger partial charge is 0.251 e. The number of tetrazole rings is 1. The van der Waals surface area contributed by atoms with Gasteiger partial charge in [0.25, 0.3) is 5.95 Å². The van der Waals surface area contributed by atoms with E-state index in [1.807, 2.05) is 70.5 Å². The van der Waals surface area contributed by atoms with Crippen molar-refractivity contribution in [3.8, 4) is 0 Å². The van der Waals surface area contributed by atoms with E-state index in [-0.39, 0.29) is 18.5 Å². The summed E-state index contributed by atoms with van der Waals surface area (Å²) < 4.78 is 1.77. The number of aromatic nitrogens is 4. The number of allylic oxidation sites excluding steroid dienone is 1. The van der Waals surface area contributed by atoms with Gasteiger partial charge in [0.15, 0.2) is 0 Å². The second-order valence-electron chi connectivity index (χ2n) is 9.13. The summed E-state index contributed by atoms with van der Waals surface area (Å²) in [4.78, 5) is 19.7. The molecule has 3 heterocycles. The Hall–Kier alpha value is -4.17. The summed E-state index contributed by atoms with van der Waals surface area (Å²) in [6.45, 7) is 3.06. The van der Waals surface area contributed by atoms with Gasteiger partial charge in [-0.2, -0.15) is 4.68 Å². The maximum Gasteiger partial charge on any atom is 0.251 e. The zero-order chi connectivity index (χ0) is 25.2. The Kier molecular flexibility index (Phi) is 6.32. The van der Waals surface area contributed by atoms with Crippen LogP contribution in [-0.2, 0) is 4.79 Å². The lowest BCUT2D eigenvalue weighted by Crippen LogP contribution is -2.51. The van der Waals surface area contributed by atoms with Crippen molar-refractivity contribution in [3.05, 3.63) is 107 Å². The fraction of sp³-hybridized carbons (Fsp3) is 0.214. The lowest BCUT2D eigenvalue weighted by Gasteiger charge is -2.38. The fourth-order valence-corrected chi connectivity index (χ4v) is 5.09. The van der Waals surface area contributed by atoms with Gasteiger partial charge in [0.1, 0.15) is 12.6 Å². The van der Waals surface area contributed by atoms with Gasteiger partial charge in [0.05, 0.1) is 5.70 Å². The number of fused-ring (bicyclic) bond motifs is 1. The van der Waals surface area contributed by atoms with Crippen molar-refractivity contribution in [2.24, 2.45) is 0 Å². The maximum absolute atomic E-state index is 13.6. The Balaban J connectivity index is 1.28. The molecule has 1 saturated heterocycles. The van der Waals surface area contributed by atoms with E-state index >= 15 is 0 Å². The molecule has 0 unspecified atom stereocenters. The van der Waals surface area contributed by atoms with Crippen molar-refractivity contribution in [2.75, 3.05) is 42.5 Å². The standard InChI is InChI=1S/C28H26ClN7O/c29-23-13-11-22(12-14-23)25-19-26(21-7-3-1-4-8-21)36-28(30-31-32-36)35(25)20-27(37)34-17-15-33(16-18-34)24-9-5-2-6-10-24/h1-14,19,26H,15-18,20H2/t26-/m0/s1. The maximum atomic E-state index is 13.6. The molecule has 186 valence electrons. The number of benzene rings is 3.